The molecule has 0 radical (unpaired) electrons. The van der Waals surface area contributed by atoms with E-state index in [1.807, 2.05) is 6.92 Å². The number of aliphatic carboxylic acids is 1. The lowest BCUT2D eigenvalue weighted by molar-refractivity contribution is -0.150. The van der Waals surface area contributed by atoms with Crippen LogP contribution >= 0.6 is 11.8 Å². The van der Waals surface area contributed by atoms with Crippen molar-refractivity contribution in [3.05, 3.63) is 34.8 Å². The van der Waals surface area contributed by atoms with Gasteiger partial charge in [-0.1, -0.05) is 11.8 Å². The van der Waals surface area contributed by atoms with Crippen molar-refractivity contribution in [2.75, 3.05) is 12.5 Å². The molecule has 0 aliphatic heterocycles. The summed E-state index contributed by atoms with van der Waals surface area (Å²) in [7, 11) is 0. The van der Waals surface area contributed by atoms with Crippen molar-refractivity contribution in [1.29, 1.82) is 0 Å². The maximum Gasteiger partial charge on any atom is 0.308 e. The first-order chi connectivity index (χ1) is 14.9. The number of ether oxygens (including phenoxy) is 2. The number of rotatable bonds is 11. The predicted molar refractivity (Wildman–Crippen MR) is 115 cm³/mol. The van der Waals surface area contributed by atoms with Gasteiger partial charge in [-0.25, -0.2) is 4.98 Å². The Bertz CT molecular complexity index is 933. The molecular weight excluding hydrogens is 420 g/mol. The van der Waals surface area contributed by atoms with Crippen LogP contribution in [-0.4, -0.2) is 38.8 Å². The second-order valence-corrected chi connectivity index (χ2v) is 8.16. The third-order valence-corrected chi connectivity index (χ3v) is 5.84. The number of nitrogen functional groups attached to an aromatic ring is 1. The number of thioether (sulfide) groups is 1. The van der Waals surface area contributed by atoms with Crippen molar-refractivity contribution >= 4 is 29.4 Å². The van der Waals surface area contributed by atoms with Crippen LogP contribution < -0.4 is 10.5 Å². The zero-order valence-corrected chi connectivity index (χ0v) is 18.2. The van der Waals surface area contributed by atoms with Gasteiger partial charge >= 0.3 is 11.9 Å². The number of carboxylic acid groups (broad SMARTS) is 1. The number of nitrogens with two attached hydrogens (primary N) is 1. The van der Waals surface area contributed by atoms with Crippen LogP contribution in [0.4, 0.5) is 5.69 Å². The van der Waals surface area contributed by atoms with Gasteiger partial charge in [0, 0.05) is 47.3 Å². The molecule has 0 saturated heterocycles. The third kappa shape index (κ3) is 6.55. The Balaban J connectivity index is 1.56. The van der Waals surface area contributed by atoms with E-state index in [2.05, 4.69) is 15.0 Å². The van der Waals surface area contributed by atoms with E-state index in [9.17, 15) is 9.59 Å². The number of esters is 1. The number of aromatic nitrogens is 3. The minimum atomic E-state index is -0.871. The van der Waals surface area contributed by atoms with Gasteiger partial charge < -0.3 is 20.3 Å². The highest BCUT2D eigenvalue weighted by molar-refractivity contribution is 7.98. The van der Waals surface area contributed by atoms with Gasteiger partial charge in [0.15, 0.2) is 5.16 Å². The van der Waals surface area contributed by atoms with Crippen LogP contribution in [0.25, 0.3) is 0 Å². The molecule has 166 valence electrons. The molecule has 1 aliphatic carbocycles. The van der Waals surface area contributed by atoms with Crippen molar-refractivity contribution in [3.63, 3.8) is 0 Å². The minimum Gasteiger partial charge on any atom is -0.481 e. The number of hydrogen-bond donors (Lipinski definition) is 2. The van der Waals surface area contributed by atoms with Crippen molar-refractivity contribution in [3.8, 4) is 5.88 Å². The van der Waals surface area contributed by atoms with E-state index in [1.165, 1.54) is 11.8 Å². The summed E-state index contributed by atoms with van der Waals surface area (Å²) in [5.41, 5.74) is 10.5. The molecule has 1 aliphatic rings. The Morgan fingerprint density at radius 3 is 2.81 bits per heavy atom. The maximum atomic E-state index is 11.8. The van der Waals surface area contributed by atoms with Crippen LogP contribution in [0.15, 0.2) is 17.4 Å². The average molecular weight is 447 g/mol. The van der Waals surface area contributed by atoms with Gasteiger partial charge in [-0.3, -0.25) is 14.6 Å². The third-order valence-electron chi connectivity index (χ3n) is 4.96. The fourth-order valence-corrected chi connectivity index (χ4v) is 4.24. The Kier molecular flexibility index (Phi) is 8.05. The summed E-state index contributed by atoms with van der Waals surface area (Å²) in [6.07, 6.45) is 5.45. The number of fused-ring (bicyclic) bond motifs is 1. The number of carbonyl (C=O) groups is 2. The summed E-state index contributed by atoms with van der Waals surface area (Å²) in [5.74, 6) is -0.258. The molecule has 0 fully saturated rings. The van der Waals surface area contributed by atoms with Crippen LogP contribution in [0.2, 0.25) is 0 Å². The molecule has 0 unspecified atom stereocenters. The summed E-state index contributed by atoms with van der Waals surface area (Å²) in [5, 5.41) is 9.20. The summed E-state index contributed by atoms with van der Waals surface area (Å²) < 4.78 is 10.8. The van der Waals surface area contributed by atoms with E-state index in [0.717, 1.165) is 41.8 Å². The molecule has 3 N–H and O–H groups in total. The molecular formula is C21H26N4O5S. The molecule has 31 heavy (non-hydrogen) atoms. The lowest BCUT2D eigenvalue weighted by Crippen LogP contribution is -2.12. The van der Waals surface area contributed by atoms with Crippen molar-refractivity contribution in [2.24, 2.45) is 0 Å². The summed E-state index contributed by atoms with van der Waals surface area (Å²) >= 11 is 1.46. The summed E-state index contributed by atoms with van der Waals surface area (Å²) in [4.78, 5) is 35.7. The first-order valence-corrected chi connectivity index (χ1v) is 11.2. The van der Waals surface area contributed by atoms with E-state index in [0.29, 0.717) is 35.3 Å². The van der Waals surface area contributed by atoms with Crippen molar-refractivity contribution in [2.45, 2.75) is 62.8 Å². The minimum absolute atomic E-state index is 0.0432. The number of unbranched alkanes of at least 4 members (excludes halogenated alkanes) is 1. The molecule has 2 heterocycles. The van der Waals surface area contributed by atoms with Crippen LogP contribution in [0.5, 0.6) is 5.88 Å². The van der Waals surface area contributed by atoms with Crippen molar-refractivity contribution in [1.82, 2.24) is 15.0 Å². The Morgan fingerprint density at radius 2 is 2.03 bits per heavy atom. The molecule has 10 heteroatoms. The SMILES string of the molecule is Cc1nccc(N)c1CSc1nc2c(c(OCOC(=O)CCCCC(=O)O)n1)CCC2. The molecule has 0 bridgehead atoms. The zero-order valence-electron chi connectivity index (χ0n) is 17.4. The molecule has 0 spiro atoms. The van der Waals surface area contributed by atoms with Gasteiger partial charge in [0.2, 0.25) is 12.7 Å². The van der Waals surface area contributed by atoms with E-state index in [1.54, 1.807) is 12.3 Å². The van der Waals surface area contributed by atoms with Gasteiger partial charge in [0.1, 0.15) is 0 Å². The molecule has 2 aromatic rings. The molecule has 3 rings (SSSR count). The van der Waals surface area contributed by atoms with Crippen LogP contribution in [0.3, 0.4) is 0 Å². The largest absolute Gasteiger partial charge is 0.481 e. The van der Waals surface area contributed by atoms with E-state index >= 15 is 0 Å². The molecule has 9 nitrogen and oxygen atoms in total. The lowest BCUT2D eigenvalue weighted by atomic mass is 10.2. The van der Waals surface area contributed by atoms with Crippen molar-refractivity contribution < 1.29 is 24.2 Å². The second-order valence-electron chi connectivity index (χ2n) is 7.22. The number of aryl methyl sites for hydroxylation is 2. The Labute approximate surface area is 184 Å². The highest BCUT2D eigenvalue weighted by Crippen LogP contribution is 2.32. The fourth-order valence-electron chi connectivity index (χ4n) is 3.27. The van der Waals surface area contributed by atoms with E-state index < -0.39 is 11.9 Å². The highest BCUT2D eigenvalue weighted by Gasteiger charge is 2.21. The van der Waals surface area contributed by atoms with Gasteiger partial charge in [-0.2, -0.15) is 4.98 Å². The zero-order chi connectivity index (χ0) is 22.2. The number of anilines is 1. The standard InChI is InChI=1S/C21H26N4O5S/c1-13-15(16(22)9-10-23-13)11-31-21-24-17-6-4-5-14(17)20(25-21)30-12-29-19(28)8-3-2-7-18(26)27/h9-10H,2-8,11-12H2,1H3,(H2,22,23)(H,26,27). The predicted octanol–water partition coefficient (Wildman–Crippen LogP) is 3.07. The molecule has 0 amide bonds. The number of pyridine rings is 1. The maximum absolute atomic E-state index is 11.8. The number of carbonyl (C=O) groups excluding carboxylic acids is 1. The normalized spacial score (nSPS) is 12.4. The first kappa shape index (κ1) is 22.8. The summed E-state index contributed by atoms with van der Waals surface area (Å²) in [6.45, 7) is 1.68. The van der Waals surface area contributed by atoms with E-state index in [4.69, 9.17) is 20.3 Å². The highest BCUT2D eigenvalue weighted by atomic mass is 32.2. The number of hydrogen-bond acceptors (Lipinski definition) is 9. The van der Waals surface area contributed by atoms with Crippen LogP contribution in [0.1, 0.15) is 54.6 Å². The Hall–Kier alpha value is -2.88. The molecule has 0 aromatic carbocycles. The molecule has 2 aromatic heterocycles. The van der Waals surface area contributed by atoms with Crippen LogP contribution in [-0.2, 0) is 32.9 Å². The average Bonchev–Trinajstić information content (AvgIpc) is 3.19. The monoisotopic (exact) mass is 446 g/mol. The smallest absolute Gasteiger partial charge is 0.308 e. The van der Waals surface area contributed by atoms with Gasteiger partial charge in [-0.05, 0) is 45.1 Å². The lowest BCUT2D eigenvalue weighted by Gasteiger charge is -2.12. The van der Waals surface area contributed by atoms with Gasteiger partial charge in [0.05, 0.1) is 5.69 Å². The fraction of sp³-hybridized carbons (Fsp3) is 0.476. The number of nitrogens with zero attached hydrogens (tertiary/aromatic N) is 3. The molecule has 0 atom stereocenters. The van der Waals surface area contributed by atoms with E-state index in [-0.39, 0.29) is 19.6 Å². The number of carboxylic acids is 1. The van der Waals surface area contributed by atoms with Gasteiger partial charge in [0.25, 0.3) is 0 Å². The first-order valence-electron chi connectivity index (χ1n) is 10.2. The topological polar surface area (TPSA) is 138 Å². The quantitative estimate of drug-likeness (QED) is 0.174. The molecule has 0 saturated carbocycles. The van der Waals surface area contributed by atoms with Crippen LogP contribution in [0, 0.1) is 6.92 Å². The second kappa shape index (κ2) is 10.9. The summed E-state index contributed by atoms with van der Waals surface area (Å²) in [6, 6.07) is 1.77. The van der Waals surface area contributed by atoms with Gasteiger partial charge in [-0.15, -0.1) is 0 Å². The Morgan fingerprint density at radius 1 is 1.23 bits per heavy atom.